The van der Waals surface area contributed by atoms with Crippen LogP contribution in [0.2, 0.25) is 5.02 Å². The van der Waals surface area contributed by atoms with Gasteiger partial charge in [-0.2, -0.15) is 0 Å². The third kappa shape index (κ3) is 5.03. The molecule has 5 rings (SSSR count). The molecular formula is C27H20BrClN2O3S. The summed E-state index contributed by atoms with van der Waals surface area (Å²) in [6, 6.07) is 20.7. The van der Waals surface area contributed by atoms with E-state index in [1.165, 1.54) is 5.56 Å². The zero-order chi connectivity index (χ0) is 24.5. The van der Waals surface area contributed by atoms with Gasteiger partial charge in [0.05, 0.1) is 17.1 Å². The minimum absolute atomic E-state index is 0.347. The maximum atomic E-state index is 13.1. The molecular weight excluding hydrogens is 548 g/mol. The Kier molecular flexibility index (Phi) is 6.73. The number of carbonyl (C=O) groups excluding carboxylic acids is 2. The van der Waals surface area contributed by atoms with Crippen LogP contribution in [-0.2, 0) is 11.3 Å². The molecule has 5 nitrogen and oxygen atoms in total. The van der Waals surface area contributed by atoms with Crippen LogP contribution in [0, 0.1) is 6.92 Å². The normalized spacial score (nSPS) is 14.9. The van der Waals surface area contributed by atoms with Gasteiger partial charge in [0.1, 0.15) is 12.4 Å². The van der Waals surface area contributed by atoms with Crippen LogP contribution in [0.25, 0.3) is 17.0 Å². The summed E-state index contributed by atoms with van der Waals surface area (Å²) in [6.45, 7) is 3.16. The second kappa shape index (κ2) is 9.93. The van der Waals surface area contributed by atoms with Crippen molar-refractivity contribution < 1.29 is 14.3 Å². The van der Waals surface area contributed by atoms with Gasteiger partial charge in [-0.25, -0.2) is 4.90 Å². The number of thioether (sulfide) groups is 1. The zero-order valence-electron chi connectivity index (χ0n) is 18.7. The maximum absolute atomic E-state index is 13.1. The van der Waals surface area contributed by atoms with Gasteiger partial charge in [0, 0.05) is 32.2 Å². The van der Waals surface area contributed by atoms with Crippen molar-refractivity contribution in [2.24, 2.45) is 0 Å². The van der Waals surface area contributed by atoms with E-state index in [1.807, 2.05) is 55.6 Å². The summed E-state index contributed by atoms with van der Waals surface area (Å²) < 4.78 is 8.95. The highest BCUT2D eigenvalue weighted by Gasteiger charge is 2.36. The largest absolute Gasteiger partial charge is 0.492 e. The fourth-order valence-corrected chi connectivity index (χ4v) is 5.32. The van der Waals surface area contributed by atoms with Crippen molar-refractivity contribution in [1.29, 1.82) is 0 Å². The van der Waals surface area contributed by atoms with Crippen LogP contribution < -0.4 is 9.64 Å². The van der Waals surface area contributed by atoms with E-state index in [4.69, 9.17) is 16.3 Å². The van der Waals surface area contributed by atoms with Crippen molar-refractivity contribution >= 4 is 73.1 Å². The van der Waals surface area contributed by atoms with Gasteiger partial charge >= 0.3 is 0 Å². The molecule has 1 aromatic heterocycles. The number of rotatable bonds is 6. The number of imide groups is 1. The molecule has 0 radical (unpaired) electrons. The number of nitrogens with zero attached hydrogens (tertiary/aromatic N) is 2. The molecule has 8 heteroatoms. The van der Waals surface area contributed by atoms with Crippen LogP contribution in [0.15, 0.2) is 82.3 Å². The molecule has 35 heavy (non-hydrogen) atoms. The van der Waals surface area contributed by atoms with Crippen molar-refractivity contribution in [3.05, 3.63) is 98.5 Å². The highest BCUT2D eigenvalue weighted by Crippen LogP contribution is 2.38. The van der Waals surface area contributed by atoms with Crippen molar-refractivity contribution in [1.82, 2.24) is 4.57 Å². The fourth-order valence-electron chi connectivity index (χ4n) is 3.94. The van der Waals surface area contributed by atoms with E-state index < -0.39 is 0 Å². The van der Waals surface area contributed by atoms with Crippen molar-refractivity contribution in [2.75, 3.05) is 11.5 Å². The SMILES string of the molecule is Cc1ccc(OCCn2cc(/C=C3\SC(=O)N(c4cccc(Cl)c4)C3=O)c3cc(Br)ccc32)cc1. The molecule has 2 heterocycles. The van der Waals surface area contributed by atoms with Crippen molar-refractivity contribution in [3.63, 3.8) is 0 Å². The Hall–Kier alpha value is -3.00. The predicted molar refractivity (Wildman–Crippen MR) is 146 cm³/mol. The standard InChI is InChI=1S/C27H20BrClN2O3S/c1-17-5-8-22(9-6-17)34-12-11-30-16-18(23-14-19(28)7-10-24(23)30)13-25-26(32)31(27(33)35-25)21-4-2-3-20(29)15-21/h2-10,13-16H,11-12H2,1H3/b25-13-. The Morgan fingerprint density at radius 2 is 1.86 bits per heavy atom. The van der Waals surface area contributed by atoms with Crippen LogP contribution in [0.1, 0.15) is 11.1 Å². The molecule has 2 amide bonds. The van der Waals surface area contributed by atoms with Crippen LogP contribution in [0.5, 0.6) is 5.75 Å². The minimum Gasteiger partial charge on any atom is -0.492 e. The number of amides is 2. The van der Waals surface area contributed by atoms with Gasteiger partial charge in [-0.15, -0.1) is 0 Å². The van der Waals surface area contributed by atoms with Crippen LogP contribution in [0.3, 0.4) is 0 Å². The first-order chi connectivity index (χ1) is 16.9. The van der Waals surface area contributed by atoms with E-state index in [1.54, 1.807) is 30.3 Å². The molecule has 1 aliphatic rings. The topological polar surface area (TPSA) is 51.5 Å². The molecule has 1 saturated heterocycles. The highest BCUT2D eigenvalue weighted by molar-refractivity contribution is 9.10. The number of ether oxygens (including phenoxy) is 1. The smallest absolute Gasteiger partial charge is 0.298 e. The molecule has 0 saturated carbocycles. The first kappa shape index (κ1) is 23.7. The van der Waals surface area contributed by atoms with E-state index in [0.29, 0.717) is 28.8 Å². The highest BCUT2D eigenvalue weighted by atomic mass is 79.9. The molecule has 1 fully saturated rings. The van der Waals surface area contributed by atoms with Gasteiger partial charge in [-0.3, -0.25) is 9.59 Å². The quantitative estimate of drug-likeness (QED) is 0.224. The molecule has 4 aromatic rings. The zero-order valence-corrected chi connectivity index (χ0v) is 21.9. The third-order valence-corrected chi connectivity index (χ3v) is 7.24. The van der Waals surface area contributed by atoms with E-state index in [2.05, 4.69) is 20.5 Å². The van der Waals surface area contributed by atoms with Gasteiger partial charge in [0.25, 0.3) is 11.1 Å². The monoisotopic (exact) mass is 566 g/mol. The Balaban J connectivity index is 1.43. The van der Waals surface area contributed by atoms with Crippen LogP contribution in [0.4, 0.5) is 10.5 Å². The van der Waals surface area contributed by atoms with Gasteiger partial charge in [-0.1, -0.05) is 51.3 Å². The molecule has 0 bridgehead atoms. The molecule has 0 unspecified atom stereocenters. The summed E-state index contributed by atoms with van der Waals surface area (Å²) in [7, 11) is 0. The lowest BCUT2D eigenvalue weighted by atomic mass is 10.1. The lowest BCUT2D eigenvalue weighted by molar-refractivity contribution is -0.113. The first-order valence-electron chi connectivity index (χ1n) is 10.9. The summed E-state index contributed by atoms with van der Waals surface area (Å²) in [5.41, 5.74) is 3.51. The Bertz CT molecular complexity index is 1480. The van der Waals surface area contributed by atoms with Gasteiger partial charge in [0.2, 0.25) is 0 Å². The number of benzene rings is 3. The van der Waals surface area contributed by atoms with Gasteiger partial charge in [-0.05, 0) is 73.3 Å². The predicted octanol–water partition coefficient (Wildman–Crippen LogP) is 7.69. The average molecular weight is 568 g/mol. The number of halogens is 2. The summed E-state index contributed by atoms with van der Waals surface area (Å²) >= 11 is 10.5. The molecule has 1 aliphatic heterocycles. The van der Waals surface area contributed by atoms with Crippen LogP contribution >= 0.6 is 39.3 Å². The second-order valence-corrected chi connectivity index (χ2v) is 10.4. The summed E-state index contributed by atoms with van der Waals surface area (Å²) in [5, 5.41) is 1.09. The number of fused-ring (bicyclic) bond motifs is 1. The van der Waals surface area contributed by atoms with E-state index >= 15 is 0 Å². The molecule has 0 spiro atoms. The number of hydrogen-bond donors (Lipinski definition) is 0. The maximum Gasteiger partial charge on any atom is 0.298 e. The summed E-state index contributed by atoms with van der Waals surface area (Å²) in [6.07, 6.45) is 3.77. The average Bonchev–Trinajstić information content (AvgIpc) is 3.30. The Morgan fingerprint density at radius 1 is 1.06 bits per heavy atom. The number of aryl methyl sites for hydroxylation is 1. The number of carbonyl (C=O) groups is 2. The van der Waals surface area contributed by atoms with Crippen LogP contribution in [-0.4, -0.2) is 22.3 Å². The molecule has 3 aromatic carbocycles. The van der Waals surface area contributed by atoms with Gasteiger partial charge < -0.3 is 9.30 Å². The number of hydrogen-bond acceptors (Lipinski definition) is 4. The number of aromatic nitrogens is 1. The Morgan fingerprint density at radius 3 is 2.63 bits per heavy atom. The third-order valence-electron chi connectivity index (χ3n) is 5.64. The van der Waals surface area contributed by atoms with Crippen molar-refractivity contribution in [2.45, 2.75) is 13.5 Å². The summed E-state index contributed by atoms with van der Waals surface area (Å²) in [4.78, 5) is 27.3. The minimum atomic E-state index is -0.360. The molecule has 0 N–H and O–H groups in total. The molecule has 0 atom stereocenters. The lowest BCUT2D eigenvalue weighted by Gasteiger charge is -2.12. The molecule has 176 valence electrons. The number of anilines is 1. The summed E-state index contributed by atoms with van der Waals surface area (Å²) in [5.74, 6) is 0.464. The van der Waals surface area contributed by atoms with E-state index in [9.17, 15) is 9.59 Å². The lowest BCUT2D eigenvalue weighted by Crippen LogP contribution is -2.27. The first-order valence-corrected chi connectivity index (χ1v) is 12.9. The Labute approximate surface area is 220 Å². The fraction of sp³-hybridized carbons (Fsp3) is 0.111. The van der Waals surface area contributed by atoms with Crippen molar-refractivity contribution in [3.8, 4) is 5.75 Å². The van der Waals surface area contributed by atoms with Gasteiger partial charge in [0.15, 0.2) is 0 Å². The molecule has 0 aliphatic carbocycles. The second-order valence-electron chi connectivity index (χ2n) is 8.10. The van der Waals surface area contributed by atoms with E-state index in [0.717, 1.165) is 43.4 Å². The van der Waals surface area contributed by atoms with E-state index in [-0.39, 0.29) is 11.1 Å².